The zero-order valence-electron chi connectivity index (χ0n) is 22.4. The molecule has 3 nitrogen and oxygen atoms in total. The van der Waals surface area contributed by atoms with Crippen molar-refractivity contribution in [2.24, 2.45) is 9.98 Å². The molecule has 3 heteroatoms. The second-order valence-corrected chi connectivity index (χ2v) is 6.74. The standard InChI is InChI=1S/C24H31N3.C4H8.C2H6/c1-8-13-23-14-11-12-15-24(23)20(6)27-19(5)18(4)26-17-22(10-3)21(9-2)16-25-7;1-3-4-2;1-2/h8-9,11-17,27H,1,5,10H2,2-4,6-7H3;3-4H,1-2H3;1-2H3/b21-9+,22-17+,23-13-,24-20+,25-16?,26-18?;4-3-;. The number of rotatable bonds is 8. The number of hydrogen-bond donors (Lipinski definition) is 1. The van der Waals surface area contributed by atoms with Crippen LogP contribution in [0.25, 0.3) is 11.8 Å². The van der Waals surface area contributed by atoms with E-state index in [2.05, 4.69) is 47.5 Å². The first kappa shape index (κ1) is 32.0. The van der Waals surface area contributed by atoms with Gasteiger partial charge in [-0.3, -0.25) is 9.98 Å². The normalized spacial score (nSPS) is 13.7. The van der Waals surface area contributed by atoms with Crippen LogP contribution >= 0.6 is 0 Å². The predicted octanol–water partition coefficient (Wildman–Crippen LogP) is 6.89. The Morgan fingerprint density at radius 2 is 1.67 bits per heavy atom. The first-order valence-corrected chi connectivity index (χ1v) is 11.6. The molecule has 0 fully saturated rings. The van der Waals surface area contributed by atoms with Crippen molar-refractivity contribution >= 4 is 23.7 Å². The summed E-state index contributed by atoms with van der Waals surface area (Å²) in [5.41, 5.74) is 4.87. The lowest BCUT2D eigenvalue weighted by atomic mass is 10.1. The van der Waals surface area contributed by atoms with Gasteiger partial charge in [-0.2, -0.15) is 0 Å². The summed E-state index contributed by atoms with van der Waals surface area (Å²) in [6, 6.07) is 8.18. The molecule has 0 aliphatic heterocycles. The Morgan fingerprint density at radius 3 is 2.15 bits per heavy atom. The maximum Gasteiger partial charge on any atom is 0.0601 e. The average molecular weight is 448 g/mol. The molecule has 0 aromatic heterocycles. The van der Waals surface area contributed by atoms with Gasteiger partial charge in [-0.25, -0.2) is 0 Å². The summed E-state index contributed by atoms with van der Waals surface area (Å²) >= 11 is 0. The van der Waals surface area contributed by atoms with Crippen LogP contribution in [0.3, 0.4) is 0 Å². The van der Waals surface area contributed by atoms with E-state index in [9.17, 15) is 0 Å². The van der Waals surface area contributed by atoms with E-state index >= 15 is 0 Å². The molecule has 0 atom stereocenters. The first-order valence-electron chi connectivity index (χ1n) is 11.6. The van der Waals surface area contributed by atoms with Crippen LogP contribution in [-0.4, -0.2) is 19.0 Å². The van der Waals surface area contributed by atoms with Crippen LogP contribution in [0, 0.1) is 0 Å². The summed E-state index contributed by atoms with van der Waals surface area (Å²) in [6.45, 7) is 24.0. The van der Waals surface area contributed by atoms with Gasteiger partial charge in [-0.15, -0.1) is 0 Å². The van der Waals surface area contributed by atoms with Crippen molar-refractivity contribution in [2.75, 3.05) is 7.05 Å². The monoisotopic (exact) mass is 447 g/mol. The number of aliphatic imine (C=N–C) groups is 2. The van der Waals surface area contributed by atoms with Gasteiger partial charge in [0, 0.05) is 30.4 Å². The van der Waals surface area contributed by atoms with E-state index in [-0.39, 0.29) is 0 Å². The fourth-order valence-electron chi connectivity index (χ4n) is 2.60. The smallest absolute Gasteiger partial charge is 0.0601 e. The number of benzene rings is 1. The third-order valence-electron chi connectivity index (χ3n) is 4.52. The minimum absolute atomic E-state index is 0.777. The van der Waals surface area contributed by atoms with Gasteiger partial charge in [0.1, 0.15) is 0 Å². The van der Waals surface area contributed by atoms with E-state index in [4.69, 9.17) is 0 Å². The lowest BCUT2D eigenvalue weighted by Crippen LogP contribution is -2.31. The fraction of sp³-hybridized carbons (Fsp3) is 0.333. The Hall–Kier alpha value is -3.20. The Kier molecular flexibility index (Phi) is 20.1. The number of nitrogens with zero attached hydrogens (tertiary/aromatic N) is 2. The van der Waals surface area contributed by atoms with Crippen LogP contribution in [0.2, 0.25) is 0 Å². The molecule has 1 rings (SSSR count). The van der Waals surface area contributed by atoms with Gasteiger partial charge in [0.2, 0.25) is 0 Å². The third kappa shape index (κ3) is 13.1. The van der Waals surface area contributed by atoms with E-state index < -0.39 is 0 Å². The van der Waals surface area contributed by atoms with Crippen LogP contribution in [0.4, 0.5) is 0 Å². The predicted molar refractivity (Wildman–Crippen MR) is 153 cm³/mol. The first-order chi connectivity index (χ1) is 15.9. The van der Waals surface area contributed by atoms with Crippen LogP contribution in [-0.2, 0) is 0 Å². The highest BCUT2D eigenvalue weighted by Crippen LogP contribution is 2.12. The fourth-order valence-corrected chi connectivity index (χ4v) is 2.60. The van der Waals surface area contributed by atoms with E-state index in [1.165, 1.54) is 0 Å². The molecule has 180 valence electrons. The molecule has 0 aliphatic carbocycles. The molecule has 0 saturated carbocycles. The Morgan fingerprint density at radius 1 is 1.06 bits per heavy atom. The quantitative estimate of drug-likeness (QED) is 0.263. The highest BCUT2D eigenvalue weighted by Gasteiger charge is 2.02. The van der Waals surface area contributed by atoms with Crippen LogP contribution in [0.5, 0.6) is 0 Å². The van der Waals surface area contributed by atoms with Crippen molar-refractivity contribution in [1.29, 1.82) is 0 Å². The van der Waals surface area contributed by atoms with Crippen molar-refractivity contribution in [1.82, 2.24) is 5.32 Å². The van der Waals surface area contributed by atoms with Crippen LogP contribution < -0.4 is 15.8 Å². The van der Waals surface area contributed by atoms with Crippen molar-refractivity contribution in [3.63, 3.8) is 0 Å². The molecular weight excluding hydrogens is 402 g/mol. The van der Waals surface area contributed by atoms with Gasteiger partial charge < -0.3 is 5.32 Å². The van der Waals surface area contributed by atoms with Crippen molar-refractivity contribution in [3.8, 4) is 0 Å². The zero-order chi connectivity index (χ0) is 25.6. The molecule has 33 heavy (non-hydrogen) atoms. The molecule has 0 saturated heterocycles. The zero-order valence-corrected chi connectivity index (χ0v) is 22.4. The van der Waals surface area contributed by atoms with Gasteiger partial charge in [0.15, 0.2) is 0 Å². The molecule has 0 amide bonds. The maximum absolute atomic E-state index is 4.60. The molecule has 1 N–H and O–H groups in total. The Labute approximate surface area is 203 Å². The number of hydrogen-bond acceptors (Lipinski definition) is 3. The van der Waals surface area contributed by atoms with E-state index in [0.29, 0.717) is 0 Å². The molecule has 1 aromatic rings. The second kappa shape index (κ2) is 20.7. The van der Waals surface area contributed by atoms with Gasteiger partial charge in [-0.05, 0) is 57.4 Å². The molecule has 0 heterocycles. The van der Waals surface area contributed by atoms with E-state index in [1.807, 2.05) is 97.3 Å². The minimum Gasteiger partial charge on any atom is -0.358 e. The summed E-state index contributed by atoms with van der Waals surface area (Å²) in [7, 11) is 1.78. The second-order valence-electron chi connectivity index (χ2n) is 6.74. The van der Waals surface area contributed by atoms with E-state index in [1.54, 1.807) is 13.1 Å². The van der Waals surface area contributed by atoms with Crippen molar-refractivity contribution < 1.29 is 0 Å². The maximum atomic E-state index is 4.60. The molecule has 1 aromatic carbocycles. The van der Waals surface area contributed by atoms with Gasteiger partial charge >= 0.3 is 0 Å². The number of nitrogens with one attached hydrogen (secondary N) is 1. The molecule has 0 radical (unpaired) electrons. The van der Waals surface area contributed by atoms with Crippen molar-refractivity contribution in [3.05, 3.63) is 95.2 Å². The summed E-state index contributed by atoms with van der Waals surface area (Å²) < 4.78 is 0. The Bertz CT molecular complexity index is 980. The van der Waals surface area contributed by atoms with Gasteiger partial charge in [0.05, 0.1) is 11.4 Å². The third-order valence-corrected chi connectivity index (χ3v) is 4.52. The summed E-state index contributed by atoms with van der Waals surface area (Å²) in [5, 5.41) is 5.60. The lowest BCUT2D eigenvalue weighted by Gasteiger charge is -2.10. The van der Waals surface area contributed by atoms with Gasteiger partial charge in [-0.1, -0.05) is 88.6 Å². The molecule has 0 aliphatic rings. The molecule has 0 spiro atoms. The largest absolute Gasteiger partial charge is 0.358 e. The summed E-state index contributed by atoms with van der Waals surface area (Å²) in [6.07, 6.45) is 14.5. The molecule has 0 unspecified atom stereocenters. The minimum atomic E-state index is 0.777. The lowest BCUT2D eigenvalue weighted by molar-refractivity contribution is 1.11. The van der Waals surface area contributed by atoms with Gasteiger partial charge in [0.25, 0.3) is 0 Å². The van der Waals surface area contributed by atoms with Crippen molar-refractivity contribution in [2.45, 2.75) is 61.8 Å². The molecule has 0 bridgehead atoms. The number of allylic oxidation sites excluding steroid dienone is 7. The SMILES string of the molecule is C/C=C\C.C=C/C=c1/cccc/c1=C(/C)NC(=C)C(C)=N/C=C(CC)/C(C=NC)=C/C.CC. The molecular formula is C30H45N3. The Balaban J connectivity index is 0. The van der Waals surface area contributed by atoms with E-state index in [0.717, 1.165) is 45.1 Å². The summed E-state index contributed by atoms with van der Waals surface area (Å²) in [5.74, 6) is 0. The van der Waals surface area contributed by atoms with Crippen LogP contribution in [0.15, 0.2) is 94.8 Å². The summed E-state index contributed by atoms with van der Waals surface area (Å²) in [4.78, 5) is 8.71. The topological polar surface area (TPSA) is 36.8 Å². The van der Waals surface area contributed by atoms with Crippen LogP contribution in [0.1, 0.15) is 61.8 Å². The average Bonchev–Trinajstić information content (AvgIpc) is 2.85. The highest BCUT2D eigenvalue weighted by atomic mass is 14.9. The highest BCUT2D eigenvalue weighted by molar-refractivity contribution is 5.98.